The summed E-state index contributed by atoms with van der Waals surface area (Å²) >= 11 is 0. The van der Waals surface area contributed by atoms with Crippen LogP contribution in [0.25, 0.3) is 0 Å². The summed E-state index contributed by atoms with van der Waals surface area (Å²) in [6, 6.07) is 0. The average molecular weight is 438 g/mol. The summed E-state index contributed by atoms with van der Waals surface area (Å²) in [7, 11) is 0.750. The van der Waals surface area contributed by atoms with Crippen LogP contribution in [0.5, 0.6) is 0 Å². The summed E-state index contributed by atoms with van der Waals surface area (Å²) in [5, 5.41) is 0. The van der Waals surface area contributed by atoms with E-state index in [2.05, 4.69) is 78.9 Å². The molecule has 0 aliphatic heterocycles. The van der Waals surface area contributed by atoms with Crippen LogP contribution in [-0.2, 0) is 26.2 Å². The standard InChI is InChI=1S/2C8H11.C2H7Si.2ClH.Zr/c2*1-6-4-7(2)8(3)5-6;1-3-2;;;/h2*4,6H,1-3H3;3H,1-2H3;2*1H;/q2*-1;;;;+2. The molecule has 2 rings (SSSR count). The molecule has 0 saturated carbocycles. The van der Waals surface area contributed by atoms with Gasteiger partial charge in [-0.05, 0) is 0 Å². The van der Waals surface area contributed by atoms with E-state index in [0.717, 1.165) is 9.52 Å². The van der Waals surface area contributed by atoms with Gasteiger partial charge in [0.2, 0.25) is 0 Å². The zero-order valence-electron chi connectivity index (χ0n) is 15.2. The number of hydrogen-bond donors (Lipinski definition) is 0. The van der Waals surface area contributed by atoms with E-state index in [0.29, 0.717) is 11.8 Å². The Bertz CT molecular complexity index is 335. The first-order chi connectivity index (χ1) is 8.81. The molecule has 0 bridgehead atoms. The Morgan fingerprint density at radius 2 is 1.00 bits per heavy atom. The molecule has 1 radical (unpaired) electrons. The molecule has 0 aromatic heterocycles. The fourth-order valence-corrected chi connectivity index (χ4v) is 1.99. The molecule has 2 aliphatic rings. The predicted molar refractivity (Wildman–Crippen MR) is 104 cm³/mol. The fraction of sp³-hybridized carbons (Fsp3) is 0.556. The van der Waals surface area contributed by atoms with Gasteiger partial charge in [0.1, 0.15) is 0 Å². The minimum absolute atomic E-state index is 0. The van der Waals surface area contributed by atoms with Crippen molar-refractivity contribution in [3.8, 4) is 0 Å². The predicted octanol–water partition coefficient (Wildman–Crippen LogP) is 6.02. The van der Waals surface area contributed by atoms with E-state index in [1.165, 1.54) is 22.3 Å². The van der Waals surface area contributed by atoms with Crippen LogP contribution in [0, 0.1) is 24.0 Å². The van der Waals surface area contributed by atoms with Crippen LogP contribution >= 0.6 is 24.8 Å². The van der Waals surface area contributed by atoms with Crippen LogP contribution in [0.4, 0.5) is 0 Å². The normalized spacial score (nSPS) is 20.9. The Labute approximate surface area is 172 Å². The molecule has 0 heterocycles. The minimum Gasteiger partial charge on any atom is -0.266 e. The molecular formula is C18H31Cl2SiZr. The van der Waals surface area contributed by atoms with E-state index in [1.54, 1.807) is 0 Å². The summed E-state index contributed by atoms with van der Waals surface area (Å²) in [6.07, 6.45) is 11.0. The summed E-state index contributed by atoms with van der Waals surface area (Å²) < 4.78 is 0. The van der Waals surface area contributed by atoms with Crippen LogP contribution in [0.15, 0.2) is 34.4 Å². The zero-order chi connectivity index (χ0) is 15.0. The third-order valence-corrected chi connectivity index (χ3v) is 3.07. The number of rotatable bonds is 0. The second kappa shape index (κ2) is 16.5. The molecule has 0 aromatic carbocycles. The van der Waals surface area contributed by atoms with Gasteiger partial charge in [0, 0.05) is 9.52 Å². The summed E-state index contributed by atoms with van der Waals surface area (Å²) in [4.78, 5) is 0. The quantitative estimate of drug-likeness (QED) is 0.321. The largest absolute Gasteiger partial charge is 2.00 e. The van der Waals surface area contributed by atoms with Gasteiger partial charge in [-0.3, -0.25) is 12.2 Å². The smallest absolute Gasteiger partial charge is 0.266 e. The Kier molecular flexibility index (Phi) is 22.9. The average Bonchev–Trinajstić information content (AvgIpc) is 2.72. The zero-order valence-corrected chi connectivity index (χ0v) is 20.4. The van der Waals surface area contributed by atoms with Crippen molar-refractivity contribution in [1.29, 1.82) is 0 Å². The molecule has 2 atom stereocenters. The Hall–Kier alpha value is 0.640. The number of hydrogen-bond acceptors (Lipinski definition) is 0. The molecular weight excluding hydrogens is 406 g/mol. The molecule has 2 aliphatic carbocycles. The number of halogens is 2. The van der Waals surface area contributed by atoms with Gasteiger partial charge in [0.15, 0.2) is 0 Å². The topological polar surface area (TPSA) is 0 Å². The van der Waals surface area contributed by atoms with Gasteiger partial charge in [-0.15, -0.1) is 38.7 Å². The maximum absolute atomic E-state index is 3.29. The molecule has 0 saturated heterocycles. The molecule has 0 aromatic rings. The van der Waals surface area contributed by atoms with E-state index in [9.17, 15) is 0 Å². The minimum atomic E-state index is 0. The molecule has 0 N–H and O–H groups in total. The second-order valence-corrected chi connectivity index (χ2v) is 6.55. The van der Waals surface area contributed by atoms with Crippen molar-refractivity contribution in [2.24, 2.45) is 11.8 Å². The van der Waals surface area contributed by atoms with Crippen molar-refractivity contribution >= 4 is 34.3 Å². The molecule has 22 heavy (non-hydrogen) atoms. The van der Waals surface area contributed by atoms with Crippen LogP contribution in [0.1, 0.15) is 41.5 Å². The fourth-order valence-electron chi connectivity index (χ4n) is 1.99. The van der Waals surface area contributed by atoms with Gasteiger partial charge in [0.05, 0.1) is 0 Å². The van der Waals surface area contributed by atoms with Gasteiger partial charge < -0.3 is 0 Å². The van der Waals surface area contributed by atoms with Crippen LogP contribution in [-0.4, -0.2) is 9.52 Å². The SMILES string of the molecule is CC1=[C-]C(C)C=C1C.CC1=[C-]C(C)C=C1C.C[SiH]C.Cl.Cl.[Zr+2]. The van der Waals surface area contributed by atoms with Crippen molar-refractivity contribution in [2.75, 3.05) is 0 Å². The van der Waals surface area contributed by atoms with Crippen molar-refractivity contribution in [1.82, 2.24) is 0 Å². The Balaban J connectivity index is -0.000000112. The summed E-state index contributed by atoms with van der Waals surface area (Å²) in [5.74, 6) is 1.10. The van der Waals surface area contributed by atoms with E-state index < -0.39 is 0 Å². The van der Waals surface area contributed by atoms with Gasteiger partial charge in [0.25, 0.3) is 0 Å². The van der Waals surface area contributed by atoms with Gasteiger partial charge in [-0.2, -0.15) is 12.2 Å². The third kappa shape index (κ3) is 13.1. The van der Waals surface area contributed by atoms with E-state index in [1.807, 2.05) is 0 Å². The molecule has 0 nitrogen and oxygen atoms in total. The van der Waals surface area contributed by atoms with Crippen molar-refractivity contribution in [3.05, 3.63) is 46.6 Å². The Morgan fingerprint density at radius 3 is 1.05 bits per heavy atom. The van der Waals surface area contributed by atoms with Crippen molar-refractivity contribution < 1.29 is 26.2 Å². The van der Waals surface area contributed by atoms with Gasteiger partial charge in [-0.25, -0.2) is 22.3 Å². The summed E-state index contributed by atoms with van der Waals surface area (Å²) in [6.45, 7) is 17.2. The maximum atomic E-state index is 3.29. The molecule has 0 amide bonds. The second-order valence-electron chi connectivity index (χ2n) is 5.39. The first-order valence-electron chi connectivity index (χ1n) is 7.13. The third-order valence-electron chi connectivity index (χ3n) is 3.07. The molecule has 2 unspecified atom stereocenters. The first kappa shape index (κ1) is 30.5. The van der Waals surface area contributed by atoms with E-state index in [4.69, 9.17) is 0 Å². The molecule has 125 valence electrons. The molecule has 0 spiro atoms. The maximum Gasteiger partial charge on any atom is 2.00 e. The first-order valence-corrected chi connectivity index (χ1v) is 9.44. The monoisotopic (exact) mass is 435 g/mol. The van der Waals surface area contributed by atoms with Crippen molar-refractivity contribution in [3.63, 3.8) is 0 Å². The van der Waals surface area contributed by atoms with E-state index >= 15 is 0 Å². The number of allylic oxidation sites excluding steroid dienone is 8. The van der Waals surface area contributed by atoms with E-state index in [-0.39, 0.29) is 51.0 Å². The summed E-state index contributed by atoms with van der Waals surface area (Å²) in [5.41, 5.74) is 5.41. The Morgan fingerprint density at radius 1 is 0.773 bits per heavy atom. The van der Waals surface area contributed by atoms with Crippen LogP contribution in [0.2, 0.25) is 13.1 Å². The molecule has 0 fully saturated rings. The van der Waals surface area contributed by atoms with Gasteiger partial charge >= 0.3 is 26.2 Å². The van der Waals surface area contributed by atoms with Gasteiger partial charge in [-0.1, -0.05) is 52.6 Å². The molecule has 4 heteroatoms. The van der Waals surface area contributed by atoms with Crippen LogP contribution in [0.3, 0.4) is 0 Å². The van der Waals surface area contributed by atoms with Crippen LogP contribution < -0.4 is 0 Å². The van der Waals surface area contributed by atoms with Crippen molar-refractivity contribution in [2.45, 2.75) is 54.6 Å².